The van der Waals surface area contributed by atoms with Crippen LogP contribution < -0.4 is 0 Å². The van der Waals surface area contributed by atoms with Gasteiger partial charge in [0.05, 0.1) is 6.61 Å². The summed E-state index contributed by atoms with van der Waals surface area (Å²) in [6.07, 6.45) is -0.117. The lowest BCUT2D eigenvalue weighted by Gasteiger charge is -2.31. The Balaban J connectivity index is 1.64. The molecule has 2 heterocycles. The van der Waals surface area contributed by atoms with Crippen LogP contribution in [0.2, 0.25) is 5.02 Å². The van der Waals surface area contributed by atoms with Gasteiger partial charge in [-0.05, 0) is 17.7 Å². The normalized spacial score (nSPS) is 20.2. The Labute approximate surface area is 122 Å². The van der Waals surface area contributed by atoms with Crippen molar-refractivity contribution in [2.45, 2.75) is 19.6 Å². The van der Waals surface area contributed by atoms with E-state index in [1.165, 1.54) is 5.56 Å². The largest absolute Gasteiger partial charge is 0.367 e. The second-order valence-electron chi connectivity index (χ2n) is 4.89. The molecule has 0 aliphatic carbocycles. The van der Waals surface area contributed by atoms with Gasteiger partial charge in [-0.15, -0.1) is 0 Å². The minimum absolute atomic E-state index is 0.117. The third kappa shape index (κ3) is 3.17. The Bertz CT molecular complexity index is 570. The van der Waals surface area contributed by atoms with E-state index >= 15 is 0 Å². The molecule has 1 fully saturated rings. The first-order valence-corrected chi connectivity index (χ1v) is 6.97. The molecule has 3 rings (SSSR count). The molecule has 0 unspecified atom stereocenters. The Morgan fingerprint density at radius 3 is 2.85 bits per heavy atom. The van der Waals surface area contributed by atoms with Crippen LogP contribution in [0.15, 0.2) is 28.8 Å². The lowest BCUT2D eigenvalue weighted by atomic mass is 10.2. The van der Waals surface area contributed by atoms with Crippen molar-refractivity contribution in [2.75, 3.05) is 19.7 Å². The number of ether oxygens (including phenoxy) is 1. The predicted octanol–water partition coefficient (Wildman–Crippen LogP) is 2.60. The van der Waals surface area contributed by atoms with Crippen molar-refractivity contribution in [3.05, 3.63) is 46.6 Å². The maximum absolute atomic E-state index is 5.90. The highest BCUT2D eigenvalue weighted by Crippen LogP contribution is 2.21. The van der Waals surface area contributed by atoms with E-state index in [4.69, 9.17) is 20.9 Å². The van der Waals surface area contributed by atoms with E-state index in [0.717, 1.165) is 24.7 Å². The van der Waals surface area contributed by atoms with Crippen molar-refractivity contribution in [1.82, 2.24) is 15.0 Å². The topological polar surface area (TPSA) is 51.4 Å². The van der Waals surface area contributed by atoms with Crippen LogP contribution in [0.4, 0.5) is 0 Å². The molecule has 2 aromatic rings. The smallest absolute Gasteiger partial charge is 0.223 e. The van der Waals surface area contributed by atoms with Gasteiger partial charge in [0, 0.05) is 31.6 Å². The summed E-state index contributed by atoms with van der Waals surface area (Å²) in [7, 11) is 0. The number of hydrogen-bond acceptors (Lipinski definition) is 5. The van der Waals surface area contributed by atoms with Crippen LogP contribution in [0, 0.1) is 6.92 Å². The number of aromatic nitrogens is 2. The van der Waals surface area contributed by atoms with Crippen LogP contribution in [-0.4, -0.2) is 34.7 Å². The molecular weight excluding hydrogens is 278 g/mol. The Morgan fingerprint density at radius 1 is 1.35 bits per heavy atom. The molecule has 0 saturated carbocycles. The molecule has 0 bridgehead atoms. The first-order valence-electron chi connectivity index (χ1n) is 6.59. The summed E-state index contributed by atoms with van der Waals surface area (Å²) in [6, 6.07) is 7.92. The van der Waals surface area contributed by atoms with Crippen molar-refractivity contribution in [2.24, 2.45) is 0 Å². The van der Waals surface area contributed by atoms with Crippen LogP contribution in [0.5, 0.6) is 0 Å². The van der Waals surface area contributed by atoms with Crippen molar-refractivity contribution in [3.8, 4) is 0 Å². The van der Waals surface area contributed by atoms with Crippen LogP contribution in [0.3, 0.4) is 0 Å². The number of halogens is 1. The van der Waals surface area contributed by atoms with Crippen LogP contribution in [-0.2, 0) is 11.3 Å². The molecule has 1 atom stereocenters. The number of aryl methyl sites for hydroxylation is 1. The third-order valence-corrected chi connectivity index (χ3v) is 3.55. The number of benzene rings is 1. The second-order valence-corrected chi connectivity index (χ2v) is 5.33. The van der Waals surface area contributed by atoms with E-state index in [2.05, 4.69) is 15.0 Å². The molecule has 1 aromatic carbocycles. The Hall–Kier alpha value is -1.43. The SMILES string of the molecule is Cc1nc([C@@H]2CN(Cc3ccc(Cl)cc3)CCO2)no1. The summed E-state index contributed by atoms with van der Waals surface area (Å²) in [4.78, 5) is 6.56. The van der Waals surface area contributed by atoms with Gasteiger partial charge in [-0.2, -0.15) is 4.98 Å². The van der Waals surface area contributed by atoms with Crippen molar-refractivity contribution in [3.63, 3.8) is 0 Å². The summed E-state index contributed by atoms with van der Waals surface area (Å²) in [5.74, 6) is 1.20. The summed E-state index contributed by atoms with van der Waals surface area (Å²) >= 11 is 5.90. The van der Waals surface area contributed by atoms with Gasteiger partial charge in [-0.25, -0.2) is 0 Å². The van der Waals surface area contributed by atoms with Gasteiger partial charge >= 0.3 is 0 Å². The second kappa shape index (κ2) is 5.91. The van der Waals surface area contributed by atoms with Crippen molar-refractivity contribution < 1.29 is 9.26 Å². The number of hydrogen-bond donors (Lipinski definition) is 0. The fourth-order valence-electron chi connectivity index (χ4n) is 2.30. The quantitative estimate of drug-likeness (QED) is 0.870. The Kier molecular flexibility index (Phi) is 4.00. The zero-order valence-corrected chi connectivity index (χ0v) is 12.0. The summed E-state index contributed by atoms with van der Waals surface area (Å²) in [6.45, 7) is 4.99. The summed E-state index contributed by atoms with van der Waals surface area (Å²) in [5.41, 5.74) is 1.24. The first-order chi connectivity index (χ1) is 9.70. The molecular formula is C14H16ClN3O2. The minimum Gasteiger partial charge on any atom is -0.367 e. The maximum atomic E-state index is 5.90. The van der Waals surface area contributed by atoms with Crippen LogP contribution in [0.25, 0.3) is 0 Å². The van der Waals surface area contributed by atoms with Gasteiger partial charge in [0.1, 0.15) is 6.10 Å². The lowest BCUT2D eigenvalue weighted by Crippen LogP contribution is -2.38. The molecule has 20 heavy (non-hydrogen) atoms. The molecule has 1 aliphatic rings. The molecule has 6 heteroatoms. The monoisotopic (exact) mass is 293 g/mol. The standard InChI is InChI=1S/C14H16ClN3O2/c1-10-16-14(17-20-10)13-9-18(6-7-19-13)8-11-2-4-12(15)5-3-11/h2-5,13H,6-9H2,1H3/t13-/m0/s1. The van der Waals surface area contributed by atoms with E-state index < -0.39 is 0 Å². The van der Waals surface area contributed by atoms with Gasteiger partial charge in [0.2, 0.25) is 11.7 Å². The van der Waals surface area contributed by atoms with E-state index in [1.807, 2.05) is 24.3 Å². The zero-order valence-electron chi connectivity index (χ0n) is 11.3. The molecule has 0 radical (unpaired) electrons. The first kappa shape index (κ1) is 13.5. The zero-order chi connectivity index (χ0) is 13.9. The van der Waals surface area contributed by atoms with Gasteiger partial charge in [-0.3, -0.25) is 4.90 Å². The van der Waals surface area contributed by atoms with Gasteiger partial charge < -0.3 is 9.26 Å². The average Bonchev–Trinajstić information content (AvgIpc) is 2.89. The number of nitrogens with zero attached hydrogens (tertiary/aromatic N) is 3. The van der Waals surface area contributed by atoms with Crippen LogP contribution >= 0.6 is 11.6 Å². The van der Waals surface area contributed by atoms with Crippen molar-refractivity contribution in [1.29, 1.82) is 0 Å². The van der Waals surface area contributed by atoms with E-state index in [0.29, 0.717) is 18.3 Å². The maximum Gasteiger partial charge on any atom is 0.223 e. The van der Waals surface area contributed by atoms with E-state index in [-0.39, 0.29) is 6.10 Å². The van der Waals surface area contributed by atoms with Crippen molar-refractivity contribution >= 4 is 11.6 Å². The molecule has 0 amide bonds. The lowest BCUT2D eigenvalue weighted by molar-refractivity contribution is -0.0380. The highest BCUT2D eigenvalue weighted by Gasteiger charge is 2.25. The van der Waals surface area contributed by atoms with Gasteiger partial charge in [0.15, 0.2) is 0 Å². The number of rotatable bonds is 3. The molecule has 1 saturated heterocycles. The minimum atomic E-state index is -0.117. The van der Waals surface area contributed by atoms with Gasteiger partial charge in [0.25, 0.3) is 0 Å². The van der Waals surface area contributed by atoms with E-state index in [1.54, 1.807) is 6.92 Å². The average molecular weight is 294 g/mol. The summed E-state index contributed by atoms with van der Waals surface area (Å²) in [5, 5.41) is 4.70. The summed E-state index contributed by atoms with van der Waals surface area (Å²) < 4.78 is 10.7. The molecule has 5 nitrogen and oxygen atoms in total. The fraction of sp³-hybridized carbons (Fsp3) is 0.429. The van der Waals surface area contributed by atoms with E-state index in [9.17, 15) is 0 Å². The molecule has 0 N–H and O–H groups in total. The molecule has 1 aromatic heterocycles. The van der Waals surface area contributed by atoms with Crippen LogP contribution in [0.1, 0.15) is 23.4 Å². The van der Waals surface area contributed by atoms with Gasteiger partial charge in [-0.1, -0.05) is 28.9 Å². The highest BCUT2D eigenvalue weighted by atomic mass is 35.5. The third-order valence-electron chi connectivity index (χ3n) is 3.30. The molecule has 106 valence electrons. The number of morpholine rings is 1. The fourth-order valence-corrected chi connectivity index (χ4v) is 2.42. The Morgan fingerprint density at radius 2 is 2.15 bits per heavy atom. The highest BCUT2D eigenvalue weighted by molar-refractivity contribution is 6.30. The molecule has 0 spiro atoms. The molecule has 1 aliphatic heterocycles. The predicted molar refractivity (Wildman–Crippen MR) is 74.5 cm³/mol.